The van der Waals surface area contributed by atoms with Crippen molar-refractivity contribution in [3.05, 3.63) is 128 Å². The molecule has 19 atom stereocenters. The van der Waals surface area contributed by atoms with Gasteiger partial charge in [0.05, 0.1) is 53.9 Å². The third-order valence-electron chi connectivity index (χ3n) is 20.5. The zero-order chi connectivity index (χ0) is 82.4. The van der Waals surface area contributed by atoms with Crippen LogP contribution in [0.15, 0.2) is 95.2 Å². The van der Waals surface area contributed by atoms with Gasteiger partial charge in [-0.05, 0) is 134 Å². The molecule has 113 heavy (non-hydrogen) atoms. The molecule has 6 heterocycles. The molecule has 2 saturated heterocycles. The summed E-state index contributed by atoms with van der Waals surface area (Å²) in [6, 6.07) is 0.226. The Bertz CT molecular complexity index is 4190. The van der Waals surface area contributed by atoms with Crippen LogP contribution in [-0.4, -0.2) is 203 Å². The second-order valence-corrected chi connectivity index (χ2v) is 30.5. The number of allylic oxidation sites excluding steroid dienone is 1. The number of phenols is 1. The minimum atomic E-state index is -2.32. The van der Waals surface area contributed by atoms with Crippen molar-refractivity contribution in [1.29, 1.82) is 0 Å². The van der Waals surface area contributed by atoms with Crippen molar-refractivity contribution in [2.45, 2.75) is 240 Å². The summed E-state index contributed by atoms with van der Waals surface area (Å²) in [5.41, 5.74) is 8.85. The summed E-state index contributed by atoms with van der Waals surface area (Å²) in [5, 5.41) is 130. The maximum absolute atomic E-state index is 15.9. The normalized spacial score (nSPS) is 28.6. The molecule has 11 rings (SSSR count). The van der Waals surface area contributed by atoms with Gasteiger partial charge in [0.25, 0.3) is 0 Å². The number of hydrogen-bond acceptors (Lipinski definition) is 25. The number of aliphatic hydroxyl groups excluding tert-OH is 8. The quantitative estimate of drug-likeness (QED) is 0.0302. The number of aliphatic carboxylic acids is 1. The van der Waals surface area contributed by atoms with Crippen LogP contribution < -0.4 is 57.6 Å². The number of aromatic hydroxyl groups is 1. The monoisotopic (exact) mass is 1620 g/mol. The van der Waals surface area contributed by atoms with Crippen molar-refractivity contribution in [2.24, 2.45) is 22.4 Å². The summed E-state index contributed by atoms with van der Waals surface area (Å²) in [4.78, 5) is 119. The molecule has 0 radical (unpaired) electrons. The van der Waals surface area contributed by atoms with Gasteiger partial charge < -0.3 is 123 Å². The van der Waals surface area contributed by atoms with Crippen molar-refractivity contribution in [2.75, 3.05) is 13.2 Å². The summed E-state index contributed by atoms with van der Waals surface area (Å²) in [7, 11) is 0. The summed E-state index contributed by atoms with van der Waals surface area (Å²) in [5.74, 6) is -16.5. The number of halogens is 2. The first-order valence-corrected chi connectivity index (χ1v) is 38.3. The van der Waals surface area contributed by atoms with Crippen LogP contribution in [0.3, 0.4) is 0 Å². The molecule has 6 aliphatic heterocycles. The number of nitrogens with two attached hydrogens (primary N) is 2. The third-order valence-corrected chi connectivity index (χ3v) is 21.1. The van der Waals surface area contributed by atoms with Crippen molar-refractivity contribution in [3.63, 3.8) is 0 Å². The number of carboxylic acids is 1. The van der Waals surface area contributed by atoms with Crippen LogP contribution in [0.2, 0.25) is 10.0 Å². The number of fused-ring (bicyclic) bond motifs is 16. The number of benzene rings is 4. The Hall–Kier alpha value is -9.07. The van der Waals surface area contributed by atoms with Crippen LogP contribution in [0, 0.1) is 5.92 Å². The van der Waals surface area contributed by atoms with Crippen LogP contribution in [-0.2, 0) is 52.6 Å². The van der Waals surface area contributed by atoms with Gasteiger partial charge in [-0.2, -0.15) is 0 Å². The minimum Gasteiger partial charge on any atom is -0.508 e. The first-order chi connectivity index (χ1) is 53.6. The molecule has 0 aromatic heterocycles. The lowest BCUT2D eigenvalue weighted by Gasteiger charge is -2.48. The number of nitrogens with one attached hydrogen (secondary N) is 6. The molecule has 2 fully saturated rings. The lowest BCUT2D eigenvalue weighted by molar-refractivity contribution is -0.334. The average molecular weight is 1620 g/mol. The van der Waals surface area contributed by atoms with E-state index in [4.69, 9.17) is 63.1 Å². The average Bonchev–Trinajstić information content (AvgIpc) is 1.58. The van der Waals surface area contributed by atoms with E-state index < -0.39 is 222 Å². The molecule has 9 bridgehead atoms. The first-order valence-electron chi connectivity index (χ1n) is 37.6. The molecular formula is C78H101Cl2N9O24. The van der Waals surface area contributed by atoms with Crippen molar-refractivity contribution in [1.82, 2.24) is 31.9 Å². The lowest BCUT2D eigenvalue weighted by Crippen LogP contribution is -2.65. The number of unbranched alkanes of at least 4 members (excludes halogenated alkanes) is 9. The summed E-state index contributed by atoms with van der Waals surface area (Å²) < 4.78 is 39.3. The topological polar surface area (TPSA) is 531 Å². The number of aliphatic imine (C=N–C) groups is 1. The second-order valence-electron chi connectivity index (χ2n) is 29.7. The number of phenolic OH excluding ortho intramolecular Hbond substituents is 1. The van der Waals surface area contributed by atoms with Gasteiger partial charge in [-0.3, -0.25) is 38.6 Å². The fourth-order valence-corrected chi connectivity index (χ4v) is 14.9. The van der Waals surface area contributed by atoms with Gasteiger partial charge in [0.1, 0.15) is 83.7 Å². The maximum Gasteiger partial charge on any atom is 0.330 e. The van der Waals surface area contributed by atoms with Crippen molar-refractivity contribution < 1.29 is 118 Å². The molecule has 1 aliphatic carbocycles. The Morgan fingerprint density at radius 2 is 1.36 bits per heavy atom. The molecule has 0 saturated carbocycles. The highest BCUT2D eigenvalue weighted by Gasteiger charge is 2.52. The molecule has 7 aliphatic rings. The van der Waals surface area contributed by atoms with Crippen LogP contribution in [0.5, 0.6) is 34.5 Å². The van der Waals surface area contributed by atoms with Crippen LogP contribution >= 0.6 is 23.2 Å². The van der Waals surface area contributed by atoms with Crippen LogP contribution in [0.25, 0.3) is 0 Å². The van der Waals surface area contributed by atoms with Gasteiger partial charge in [0.2, 0.25) is 53.4 Å². The lowest BCUT2D eigenvalue weighted by atomic mass is 9.78. The molecule has 7 amide bonds. The van der Waals surface area contributed by atoms with E-state index in [9.17, 15) is 79.8 Å². The van der Waals surface area contributed by atoms with E-state index in [0.29, 0.717) is 6.54 Å². The van der Waals surface area contributed by atoms with Gasteiger partial charge in [-0.1, -0.05) is 120 Å². The fourth-order valence-electron chi connectivity index (χ4n) is 14.4. The molecule has 4 unspecified atom stereocenters. The number of nitrogens with zero attached hydrogens (tertiary/aromatic N) is 1. The first kappa shape index (κ1) is 87.9. The Labute approximate surface area is 661 Å². The predicted octanol–water partition coefficient (Wildman–Crippen LogP) is 4.59. The molecule has 4 aromatic rings. The second kappa shape index (κ2) is 39.3. The third kappa shape index (κ3) is 21.9. The van der Waals surface area contributed by atoms with E-state index in [-0.39, 0.29) is 62.6 Å². The van der Waals surface area contributed by atoms with E-state index in [1.807, 2.05) is 0 Å². The Balaban J connectivity index is 1.24. The SMILES string of the molecule is C=N[C@H](CC(C)C)C(=O)N[C@H]1C(=O)N[C@@H](CC(N)=O)C(=O)N[C@H]2C(=O)N[C@@H](C(N)=O)c3ccc(O)c(c3)C3C(=CC(O)=C[C@@H]3O)[C@@H](C(=O)O)NC(=O)C[C@H](O)c3ccc(c(Cl)c3)Oc3cc2cc(c3O[C@H]2O[C@H](CO)[C@H](O)C(O)C2O[C@H]2C[C@@](C)(NCCCCCCCCCCCC)[C@@H](O)C(C)O2)Oc2ccc(cc2Cl)[C@H]1O. The fraction of sp³-hybridized carbons (Fsp3) is 0.526. The summed E-state index contributed by atoms with van der Waals surface area (Å²) in [6.07, 6.45) is -8.02. The highest BCUT2D eigenvalue weighted by Crippen LogP contribution is 2.49. The number of aliphatic hydroxyl groups is 8. The molecule has 616 valence electrons. The Kier molecular flexibility index (Phi) is 30.6. The zero-order valence-electron chi connectivity index (χ0n) is 63.0. The number of amides is 7. The van der Waals surface area contributed by atoms with Gasteiger partial charge in [0, 0.05) is 23.4 Å². The minimum absolute atomic E-state index is 0.0879. The number of carboxylic acid groups (broad SMARTS) is 1. The molecule has 20 N–H and O–H groups in total. The van der Waals surface area contributed by atoms with Crippen molar-refractivity contribution in [3.8, 4) is 34.5 Å². The van der Waals surface area contributed by atoms with Gasteiger partial charge in [-0.15, -0.1) is 0 Å². The molecular weight excluding hydrogens is 1520 g/mol. The predicted molar refractivity (Wildman–Crippen MR) is 407 cm³/mol. The number of carbonyl (C=O) groups is 8. The zero-order valence-corrected chi connectivity index (χ0v) is 64.6. The number of primary amides is 2. The van der Waals surface area contributed by atoms with E-state index >= 15 is 9.59 Å². The number of carbonyl (C=O) groups excluding carboxylic acids is 7. The molecule has 35 heteroatoms. The Morgan fingerprint density at radius 3 is 1.96 bits per heavy atom. The van der Waals surface area contributed by atoms with Crippen molar-refractivity contribution >= 4 is 77.2 Å². The van der Waals surface area contributed by atoms with E-state index in [1.54, 1.807) is 27.7 Å². The van der Waals surface area contributed by atoms with Crippen LogP contribution in [0.1, 0.15) is 183 Å². The largest absolute Gasteiger partial charge is 0.508 e. The van der Waals surface area contributed by atoms with Gasteiger partial charge in [-0.25, -0.2) is 4.79 Å². The van der Waals surface area contributed by atoms with E-state index in [2.05, 4.69) is 50.5 Å². The van der Waals surface area contributed by atoms with Gasteiger partial charge in [0.15, 0.2) is 23.9 Å². The molecule has 33 nitrogen and oxygen atoms in total. The maximum atomic E-state index is 15.9. The summed E-state index contributed by atoms with van der Waals surface area (Å²) >= 11 is 14.2. The van der Waals surface area contributed by atoms with Gasteiger partial charge >= 0.3 is 5.97 Å². The number of ether oxygens (including phenoxy) is 6. The highest BCUT2D eigenvalue weighted by molar-refractivity contribution is 6.32. The smallest absolute Gasteiger partial charge is 0.330 e. The van der Waals surface area contributed by atoms with E-state index in [1.165, 1.54) is 56.4 Å². The number of hydrogen-bond donors (Lipinski definition) is 18. The van der Waals surface area contributed by atoms with Crippen LogP contribution in [0.4, 0.5) is 0 Å². The van der Waals surface area contributed by atoms with E-state index in [0.717, 1.165) is 86.7 Å². The standard InChI is InChI=1S/C78H101Cl2N9O24/c1-7-8-9-10-11-12-13-14-15-16-23-84-78(5)34-59(108-37(4)70(78)100)112-69-67(99)66(98)56(35-90)111-77(69)113-68-54-28-41-29-55(68)110-53-22-19-40(27-46(53)80)65(97)64(89-72(102)47(83-6)24-36(2)3)75(105)85-48(32-57(81)95)73(103)88-62(41)74(104)87-61(71(82)101)39-17-20-49(92)43(25-39)60-44(30-42(91)31-51(60)94)63(76(106)107)86-58(96)33-50(93)38-18-21-52(109-54)45(79)26-38/h17-22,25-31,36-37,47-48,50-51,56,59-67,69-70,77,84,90-94,97-100H,6-16,23-24,32-35H2,1-5H3,(H2,81,95)(H2,82,101)(H,85,105)(H,86,96)(H,87,104)(H,88,103)(H,89,102)(H,106,107)/t37?,47-,48+,50+,51+,56-,59+,60?,61-,62-,63+,64-,65-,66+,67?,69?,70+,77-,78-/m1/s1. The molecule has 0 spiro atoms. The Morgan fingerprint density at radius 1 is 0.743 bits per heavy atom. The summed E-state index contributed by atoms with van der Waals surface area (Å²) in [6.45, 7) is 12.2. The molecule has 4 aromatic carbocycles. The highest BCUT2D eigenvalue weighted by atomic mass is 35.5. The number of rotatable bonds is 26.